The molecule has 1 fully saturated rings. The maximum absolute atomic E-state index is 13.4. The zero-order valence-corrected chi connectivity index (χ0v) is 20.5. The standard InChI is InChI=1S/C27H28N8O/c1-17(2)34-25(36)22-15-31-26(32-20-5-4-19-14-29-10-6-18(19)12-20)33-24(22)35(34)21-7-11-30-23(13-21)27(16-28)8-3-9-27/h4-5,7,11-13,15,17,29H,3,6,8-10,14H2,1-2H3,(H,31,32,33). The summed E-state index contributed by atoms with van der Waals surface area (Å²) in [6.07, 6.45) is 6.91. The van der Waals surface area contributed by atoms with E-state index in [2.05, 4.69) is 38.8 Å². The van der Waals surface area contributed by atoms with Gasteiger partial charge in [0, 0.05) is 30.7 Å². The van der Waals surface area contributed by atoms with Crippen molar-refractivity contribution in [3.63, 3.8) is 0 Å². The summed E-state index contributed by atoms with van der Waals surface area (Å²) in [5.41, 5.74) is 4.86. The third-order valence-corrected chi connectivity index (χ3v) is 7.36. The summed E-state index contributed by atoms with van der Waals surface area (Å²) in [5.74, 6) is 0.424. The topological polar surface area (TPSA) is 113 Å². The molecule has 36 heavy (non-hydrogen) atoms. The molecule has 0 radical (unpaired) electrons. The summed E-state index contributed by atoms with van der Waals surface area (Å²) < 4.78 is 3.52. The van der Waals surface area contributed by atoms with Gasteiger partial charge in [0.05, 0.1) is 22.9 Å². The van der Waals surface area contributed by atoms with Gasteiger partial charge in [-0.3, -0.25) is 9.78 Å². The van der Waals surface area contributed by atoms with Crippen molar-refractivity contribution in [2.45, 2.75) is 57.5 Å². The first kappa shape index (κ1) is 22.4. The normalized spacial score (nSPS) is 16.4. The maximum atomic E-state index is 13.4. The molecular weight excluding hydrogens is 452 g/mol. The van der Waals surface area contributed by atoms with Crippen molar-refractivity contribution in [1.29, 1.82) is 5.26 Å². The highest BCUT2D eigenvalue weighted by Crippen LogP contribution is 2.42. The lowest BCUT2D eigenvalue weighted by molar-refractivity contribution is 0.316. The second kappa shape index (κ2) is 8.57. The van der Waals surface area contributed by atoms with Crippen LogP contribution in [0.25, 0.3) is 16.7 Å². The van der Waals surface area contributed by atoms with Crippen molar-refractivity contribution in [3.05, 3.63) is 69.9 Å². The molecule has 4 heterocycles. The van der Waals surface area contributed by atoms with Gasteiger partial charge in [-0.15, -0.1) is 0 Å². The molecule has 1 saturated carbocycles. The Morgan fingerprint density at radius 1 is 1.17 bits per heavy atom. The molecule has 0 atom stereocenters. The number of hydrogen-bond acceptors (Lipinski definition) is 7. The minimum atomic E-state index is -0.550. The van der Waals surface area contributed by atoms with Crippen molar-refractivity contribution in [2.24, 2.45) is 0 Å². The number of fused-ring (bicyclic) bond motifs is 2. The van der Waals surface area contributed by atoms with Gasteiger partial charge in [-0.25, -0.2) is 14.3 Å². The highest BCUT2D eigenvalue weighted by atomic mass is 16.1. The SMILES string of the molecule is CC(C)n1c(=O)c2cnc(Nc3ccc4c(c3)CCNC4)nc2n1-c1ccnc(C2(C#N)CCC2)c1. The Morgan fingerprint density at radius 2 is 2.03 bits per heavy atom. The highest BCUT2D eigenvalue weighted by Gasteiger charge is 2.40. The molecule has 0 bridgehead atoms. The molecule has 0 amide bonds. The Balaban J connectivity index is 1.46. The van der Waals surface area contributed by atoms with E-state index in [9.17, 15) is 10.1 Å². The Hall–Kier alpha value is -4.03. The largest absolute Gasteiger partial charge is 0.324 e. The monoisotopic (exact) mass is 480 g/mol. The molecular formula is C27H28N8O. The fourth-order valence-corrected chi connectivity index (χ4v) is 5.23. The van der Waals surface area contributed by atoms with Crippen molar-refractivity contribution in [3.8, 4) is 11.8 Å². The number of benzene rings is 1. The lowest BCUT2D eigenvalue weighted by atomic mass is 9.67. The molecule has 2 N–H and O–H groups in total. The van der Waals surface area contributed by atoms with Gasteiger partial charge in [0.2, 0.25) is 5.95 Å². The van der Waals surface area contributed by atoms with E-state index in [4.69, 9.17) is 4.98 Å². The quantitative estimate of drug-likeness (QED) is 0.445. The Morgan fingerprint density at radius 3 is 2.78 bits per heavy atom. The Bertz CT molecular complexity index is 1570. The van der Waals surface area contributed by atoms with Crippen LogP contribution in [0.15, 0.2) is 47.5 Å². The van der Waals surface area contributed by atoms with E-state index < -0.39 is 5.41 Å². The van der Waals surface area contributed by atoms with Gasteiger partial charge < -0.3 is 10.6 Å². The average molecular weight is 481 g/mol. The predicted octanol–water partition coefficient (Wildman–Crippen LogP) is 3.89. The van der Waals surface area contributed by atoms with Crippen LogP contribution in [0.3, 0.4) is 0 Å². The van der Waals surface area contributed by atoms with Crippen molar-refractivity contribution >= 4 is 22.7 Å². The van der Waals surface area contributed by atoms with Crippen LogP contribution in [0, 0.1) is 11.3 Å². The van der Waals surface area contributed by atoms with E-state index in [-0.39, 0.29) is 11.6 Å². The summed E-state index contributed by atoms with van der Waals surface area (Å²) >= 11 is 0. The summed E-state index contributed by atoms with van der Waals surface area (Å²) in [7, 11) is 0. The summed E-state index contributed by atoms with van der Waals surface area (Å²) in [6, 6.07) is 12.4. The molecule has 182 valence electrons. The fraction of sp³-hybridized carbons (Fsp3) is 0.370. The average Bonchev–Trinajstić information content (AvgIpc) is 3.16. The van der Waals surface area contributed by atoms with Crippen molar-refractivity contribution in [2.75, 3.05) is 11.9 Å². The molecule has 1 aliphatic carbocycles. The molecule has 9 nitrogen and oxygen atoms in total. The third kappa shape index (κ3) is 3.57. The first-order valence-corrected chi connectivity index (χ1v) is 12.5. The van der Waals surface area contributed by atoms with Gasteiger partial charge in [0.1, 0.15) is 5.39 Å². The molecule has 4 aromatic rings. The van der Waals surface area contributed by atoms with E-state index in [0.29, 0.717) is 17.0 Å². The van der Waals surface area contributed by atoms with E-state index in [1.807, 2.05) is 36.7 Å². The maximum Gasteiger partial charge on any atom is 0.278 e. The fourth-order valence-electron chi connectivity index (χ4n) is 5.23. The van der Waals surface area contributed by atoms with E-state index in [1.165, 1.54) is 11.1 Å². The zero-order chi connectivity index (χ0) is 24.9. The number of pyridine rings is 1. The van der Waals surface area contributed by atoms with Gasteiger partial charge in [-0.05, 0) is 81.5 Å². The first-order valence-electron chi connectivity index (χ1n) is 12.5. The van der Waals surface area contributed by atoms with Gasteiger partial charge in [-0.2, -0.15) is 10.2 Å². The number of nitrogens with one attached hydrogen (secondary N) is 2. The number of aromatic nitrogens is 5. The van der Waals surface area contributed by atoms with Crippen LogP contribution in [-0.4, -0.2) is 30.9 Å². The van der Waals surface area contributed by atoms with E-state index in [1.54, 1.807) is 17.1 Å². The van der Waals surface area contributed by atoms with Gasteiger partial charge in [-0.1, -0.05) is 6.07 Å². The molecule has 9 heteroatoms. The molecule has 3 aromatic heterocycles. The first-order chi connectivity index (χ1) is 17.5. The van der Waals surface area contributed by atoms with Crippen LogP contribution in [-0.2, 0) is 18.4 Å². The highest BCUT2D eigenvalue weighted by molar-refractivity contribution is 5.77. The molecule has 0 saturated heterocycles. The van der Waals surface area contributed by atoms with Crippen LogP contribution >= 0.6 is 0 Å². The van der Waals surface area contributed by atoms with Crippen LogP contribution in [0.1, 0.15) is 56.0 Å². The predicted molar refractivity (Wildman–Crippen MR) is 138 cm³/mol. The number of nitriles is 1. The van der Waals surface area contributed by atoms with Crippen molar-refractivity contribution in [1.82, 2.24) is 29.6 Å². The van der Waals surface area contributed by atoms with Gasteiger partial charge in [0.25, 0.3) is 5.56 Å². The van der Waals surface area contributed by atoms with E-state index >= 15 is 0 Å². The minimum absolute atomic E-state index is 0.109. The molecule has 6 rings (SSSR count). The Labute approximate surface area is 208 Å². The Kier molecular flexibility index (Phi) is 5.34. The molecule has 1 aromatic carbocycles. The van der Waals surface area contributed by atoms with Crippen LogP contribution in [0.5, 0.6) is 0 Å². The lowest BCUT2D eigenvalue weighted by Gasteiger charge is -2.34. The number of hydrogen-bond donors (Lipinski definition) is 2. The van der Waals surface area contributed by atoms with Crippen LogP contribution < -0.4 is 16.2 Å². The summed E-state index contributed by atoms with van der Waals surface area (Å²) in [5, 5.41) is 17.0. The second-order valence-electron chi connectivity index (χ2n) is 9.97. The minimum Gasteiger partial charge on any atom is -0.324 e. The molecule has 2 aliphatic rings. The van der Waals surface area contributed by atoms with Gasteiger partial charge >= 0.3 is 0 Å². The smallest absolute Gasteiger partial charge is 0.278 e. The van der Waals surface area contributed by atoms with Gasteiger partial charge in [0.15, 0.2) is 5.65 Å². The van der Waals surface area contributed by atoms with Crippen LogP contribution in [0.4, 0.5) is 11.6 Å². The van der Waals surface area contributed by atoms with E-state index in [0.717, 1.165) is 55.8 Å². The zero-order valence-electron chi connectivity index (χ0n) is 20.5. The number of rotatable bonds is 5. The molecule has 1 aliphatic heterocycles. The molecule has 0 unspecified atom stereocenters. The number of nitrogens with zero attached hydrogens (tertiary/aromatic N) is 6. The molecule has 0 spiro atoms. The lowest BCUT2D eigenvalue weighted by Crippen LogP contribution is -2.33. The van der Waals surface area contributed by atoms with Crippen LogP contribution in [0.2, 0.25) is 0 Å². The van der Waals surface area contributed by atoms with Crippen molar-refractivity contribution < 1.29 is 0 Å². The summed E-state index contributed by atoms with van der Waals surface area (Å²) in [6.45, 7) is 5.79. The third-order valence-electron chi connectivity index (χ3n) is 7.36. The summed E-state index contributed by atoms with van der Waals surface area (Å²) in [4.78, 5) is 27.1. The number of anilines is 2. The second-order valence-corrected chi connectivity index (χ2v) is 9.97.